The molecule has 1 aliphatic rings. The highest BCUT2D eigenvalue weighted by Crippen LogP contribution is 2.32. The number of carbonyl (C=O) groups is 2. The number of aryl methyl sites for hydroxylation is 7. The van der Waals surface area contributed by atoms with Crippen LogP contribution in [0.4, 0.5) is 15.4 Å². The predicted octanol–water partition coefficient (Wildman–Crippen LogP) is 13.1. The summed E-state index contributed by atoms with van der Waals surface area (Å²) in [7, 11) is -6.10. The van der Waals surface area contributed by atoms with Gasteiger partial charge in [0.05, 0.1) is 37.3 Å². The van der Waals surface area contributed by atoms with Gasteiger partial charge in [0.1, 0.15) is 0 Å². The van der Waals surface area contributed by atoms with E-state index in [9.17, 15) is 34.8 Å². The van der Waals surface area contributed by atoms with E-state index in [1.807, 2.05) is 86.7 Å². The van der Waals surface area contributed by atoms with Gasteiger partial charge in [0.2, 0.25) is 0 Å². The first-order valence-electron chi connectivity index (χ1n) is 25.8. The Morgan fingerprint density at radius 3 is 1.24 bits per heavy atom. The molecule has 0 spiro atoms. The van der Waals surface area contributed by atoms with E-state index in [1.165, 1.54) is 99.2 Å². The Labute approximate surface area is 511 Å². The number of amides is 1. The zero-order valence-electron chi connectivity index (χ0n) is 47.1. The lowest BCUT2D eigenvalue weighted by Gasteiger charge is -2.26. The van der Waals surface area contributed by atoms with E-state index in [0.29, 0.717) is 21.5 Å². The molecule has 18 nitrogen and oxygen atoms in total. The number of likely N-dealkylation sites (tertiary alicyclic amines) is 1. The third kappa shape index (κ3) is 19.0. The molecule has 0 bridgehead atoms. The lowest BCUT2D eigenvalue weighted by molar-refractivity contribution is -0.191. The summed E-state index contributed by atoms with van der Waals surface area (Å²) in [6.07, 6.45) is 3.43. The van der Waals surface area contributed by atoms with Crippen LogP contribution >= 0.6 is 44.7 Å². The van der Waals surface area contributed by atoms with Crippen LogP contribution in [0.2, 0.25) is 0 Å². The molecule has 6 aromatic carbocycles. The van der Waals surface area contributed by atoms with Crippen LogP contribution in [-0.2, 0) is 38.7 Å². The summed E-state index contributed by atoms with van der Waals surface area (Å²) in [5, 5.41) is 15.7. The number of sulfonamides is 2. The number of nitrogens with zero attached hydrogens (tertiary/aromatic N) is 4. The van der Waals surface area contributed by atoms with Gasteiger partial charge in [-0.3, -0.25) is 14.2 Å². The SMILES string of the molecule is Cc1ccc(C)c(-c2csc(N)n2)c1.Cc1ccc(C)c(-c2csc(NS(=O)(=O)c3ccc(C(=O)N4CCCCC4)cc3)n2)c1.Cc1ccc(C)c(-c2csc(NS(=O)(=O)c3ccc(C(=O)O)cc3)n2)c1.Cc1ccc(S(=O)(=O)Cl)cc1.O=C=O. The Bertz CT molecular complexity index is 4180. The number of nitrogens with one attached hydrogen (secondary N) is 2. The number of anilines is 3. The highest BCUT2D eigenvalue weighted by Gasteiger charge is 2.22. The molecule has 0 aliphatic carbocycles. The van der Waals surface area contributed by atoms with Gasteiger partial charge in [0.25, 0.3) is 35.0 Å². The summed E-state index contributed by atoms with van der Waals surface area (Å²) in [6, 6.07) is 36.0. The first-order chi connectivity index (χ1) is 40.2. The number of nitrogen functional groups attached to an aromatic ring is 1. The fourth-order valence-corrected chi connectivity index (χ4v) is 13.5. The van der Waals surface area contributed by atoms with Gasteiger partial charge >= 0.3 is 12.1 Å². The quantitative estimate of drug-likeness (QED) is 0.0827. The molecule has 1 saturated heterocycles. The van der Waals surface area contributed by atoms with Gasteiger partial charge in [-0.25, -0.2) is 45.0 Å². The van der Waals surface area contributed by atoms with E-state index in [-0.39, 0.29) is 37.4 Å². The minimum absolute atomic E-state index is 0.0222. The van der Waals surface area contributed by atoms with Crippen LogP contribution in [0.3, 0.4) is 0 Å². The largest absolute Gasteiger partial charge is 0.478 e. The number of rotatable bonds is 12. The number of hydrogen-bond donors (Lipinski definition) is 4. The van der Waals surface area contributed by atoms with Gasteiger partial charge in [-0.15, -0.1) is 34.0 Å². The smallest absolute Gasteiger partial charge is 0.373 e. The molecule has 0 atom stereocenters. The Balaban J connectivity index is 0.000000191. The average molecular weight is 1280 g/mol. The molecule has 25 heteroatoms. The standard InChI is InChI=1S/C23H25N3O3S2.C18H16N2O4S2.C11H12N2S.C7H7ClO2S.CO2/c1-16-6-7-17(2)20(14-16)21-15-30-23(24-21)25-31(28,29)19-10-8-18(9-11-19)22(27)26-12-4-3-5-13-26;1-11-3-4-12(2)15(9-11)16-10-25-18(19-16)20-26(23,24)14-7-5-13(6-8-14)17(21)22;1-7-3-4-8(2)9(5-7)10-6-14-11(12)13-10;1-6-2-4-7(5-3-6)11(8,9)10;2-1-3/h6-11,14-15H,3-5,12-13H2,1-2H3,(H,24,25);3-10H,1-2H3,(H,19,20)(H,21,22);3-6H,1-2H3,(H2,12,13);2-5H,1H3;. The van der Waals surface area contributed by atoms with Crippen molar-refractivity contribution in [3.05, 3.63) is 194 Å². The molecular formula is C60H60ClN7O11S6. The fourth-order valence-electron chi connectivity index (χ4n) is 8.22. The van der Waals surface area contributed by atoms with Crippen molar-refractivity contribution >= 4 is 107 Å². The van der Waals surface area contributed by atoms with Gasteiger partial charge < -0.3 is 15.7 Å². The van der Waals surface area contributed by atoms with Crippen molar-refractivity contribution in [3.63, 3.8) is 0 Å². The molecule has 0 unspecified atom stereocenters. The molecule has 0 saturated carbocycles. The average Bonchev–Trinajstić information content (AvgIpc) is 4.47. The Hall–Kier alpha value is -7.93. The van der Waals surface area contributed by atoms with Gasteiger partial charge in [0.15, 0.2) is 15.4 Å². The maximum absolute atomic E-state index is 12.8. The second kappa shape index (κ2) is 29.7. The fraction of sp³-hybridized carbons (Fsp3) is 0.200. The first-order valence-corrected chi connectivity index (χ1v) is 33.7. The summed E-state index contributed by atoms with van der Waals surface area (Å²) >= 11 is 3.92. The van der Waals surface area contributed by atoms with Crippen LogP contribution in [0.25, 0.3) is 33.8 Å². The van der Waals surface area contributed by atoms with Crippen LogP contribution in [0.5, 0.6) is 0 Å². The van der Waals surface area contributed by atoms with E-state index in [0.717, 1.165) is 82.7 Å². The number of carbonyl (C=O) groups excluding carboxylic acids is 3. The van der Waals surface area contributed by atoms with Crippen LogP contribution in [0.1, 0.15) is 78.9 Å². The topological polar surface area (TPSA) is 283 Å². The molecule has 5 N–H and O–H groups in total. The van der Waals surface area contributed by atoms with E-state index in [1.54, 1.807) is 29.6 Å². The monoisotopic (exact) mass is 1280 g/mol. The second-order valence-electron chi connectivity index (χ2n) is 19.4. The molecule has 9 aromatic rings. The molecule has 0 radical (unpaired) electrons. The number of carboxylic acids is 1. The summed E-state index contributed by atoms with van der Waals surface area (Å²) in [6.45, 7) is 15.5. The highest BCUT2D eigenvalue weighted by atomic mass is 35.7. The Kier molecular flexibility index (Phi) is 23.2. The normalized spacial score (nSPS) is 12.0. The summed E-state index contributed by atoms with van der Waals surface area (Å²) < 4.78 is 77.0. The third-order valence-electron chi connectivity index (χ3n) is 12.7. The Morgan fingerprint density at radius 1 is 0.518 bits per heavy atom. The van der Waals surface area contributed by atoms with Gasteiger partial charge in [0, 0.05) is 62.2 Å². The number of halogens is 1. The number of aromatic nitrogens is 3. The number of carboxylic acid groups (broad SMARTS) is 1. The van der Waals surface area contributed by atoms with Crippen LogP contribution < -0.4 is 15.2 Å². The number of thiazole rings is 3. The number of piperidine rings is 1. The molecule has 1 fully saturated rings. The van der Waals surface area contributed by atoms with Crippen molar-refractivity contribution in [3.8, 4) is 33.8 Å². The molecule has 3 aromatic heterocycles. The molecule has 85 heavy (non-hydrogen) atoms. The number of nitrogens with two attached hydrogens (primary N) is 1. The number of hydrogen-bond acceptors (Lipinski definition) is 17. The van der Waals surface area contributed by atoms with E-state index < -0.39 is 35.1 Å². The van der Waals surface area contributed by atoms with Gasteiger partial charge in [-0.1, -0.05) is 70.8 Å². The zero-order valence-corrected chi connectivity index (χ0v) is 52.8. The summed E-state index contributed by atoms with van der Waals surface area (Å²) in [4.78, 5) is 54.9. The van der Waals surface area contributed by atoms with Crippen molar-refractivity contribution in [2.45, 2.75) is 82.4 Å². The van der Waals surface area contributed by atoms with E-state index >= 15 is 0 Å². The molecule has 10 rings (SSSR count). The lowest BCUT2D eigenvalue weighted by atomic mass is 10.0. The van der Waals surface area contributed by atoms with Crippen molar-refractivity contribution in [1.82, 2.24) is 19.9 Å². The highest BCUT2D eigenvalue weighted by molar-refractivity contribution is 8.13. The molecule has 1 aliphatic heterocycles. The summed E-state index contributed by atoms with van der Waals surface area (Å²) in [5.74, 6) is -1.16. The number of benzene rings is 6. The molecule has 1 amide bonds. The molecular weight excluding hydrogens is 1220 g/mol. The van der Waals surface area contributed by atoms with Crippen LogP contribution in [-0.4, -0.2) is 81.3 Å². The number of aromatic carboxylic acids is 1. The van der Waals surface area contributed by atoms with Crippen LogP contribution in [0, 0.1) is 48.5 Å². The molecule has 4 heterocycles. The van der Waals surface area contributed by atoms with Gasteiger partial charge in [-0.2, -0.15) is 9.59 Å². The molecule has 444 valence electrons. The van der Waals surface area contributed by atoms with Gasteiger partial charge in [-0.05, 0) is 163 Å². The lowest BCUT2D eigenvalue weighted by Crippen LogP contribution is -2.35. The van der Waals surface area contributed by atoms with Crippen molar-refractivity contribution in [2.24, 2.45) is 0 Å². The Morgan fingerprint density at radius 2 is 0.871 bits per heavy atom. The van der Waals surface area contributed by atoms with Crippen molar-refractivity contribution < 1.29 is 49.5 Å². The second-order valence-corrected chi connectivity index (χ2v) is 27.9. The zero-order chi connectivity index (χ0) is 62.2. The maximum Gasteiger partial charge on any atom is 0.373 e. The first kappa shape index (κ1) is 66.2. The van der Waals surface area contributed by atoms with Crippen LogP contribution in [0.15, 0.2) is 158 Å². The van der Waals surface area contributed by atoms with Crippen molar-refractivity contribution in [2.75, 3.05) is 28.3 Å². The van der Waals surface area contributed by atoms with Crippen molar-refractivity contribution in [1.29, 1.82) is 0 Å². The van der Waals surface area contributed by atoms with E-state index in [2.05, 4.69) is 56.4 Å². The summed E-state index contributed by atoms with van der Waals surface area (Å²) in [5.41, 5.74) is 19.5. The third-order valence-corrected chi connectivity index (χ3v) is 19.3. The van der Waals surface area contributed by atoms with E-state index in [4.69, 9.17) is 31.1 Å². The minimum atomic E-state index is -3.84. The minimum Gasteiger partial charge on any atom is -0.478 e. The maximum atomic E-state index is 12.8. The predicted molar refractivity (Wildman–Crippen MR) is 336 cm³/mol.